The maximum Gasteiger partial charge on any atom is 0.306 e. The lowest BCUT2D eigenvalue weighted by molar-refractivity contribution is -0.142. The first kappa shape index (κ1) is 44.8. The fourth-order valence-electron chi connectivity index (χ4n) is 5.61. The minimum Gasteiger partial charge on any atom is -0.469 e. The monoisotopic (exact) mass is 623 g/mol. The molecule has 0 radical (unpaired) electrons. The van der Waals surface area contributed by atoms with Crippen molar-refractivity contribution in [2.75, 3.05) is 13.7 Å². The Morgan fingerprint density at radius 2 is 0.682 bits per heavy atom. The number of ether oxygens (including phenoxy) is 2. The summed E-state index contributed by atoms with van der Waals surface area (Å²) in [4.78, 5) is 22.2. The van der Waals surface area contributed by atoms with E-state index < -0.39 is 0 Å². The molecule has 4 heteroatoms. The number of hydrogen-bond acceptors (Lipinski definition) is 4. The number of methoxy groups -OCH3 is 1. The van der Waals surface area contributed by atoms with Gasteiger partial charge in [0, 0.05) is 12.8 Å². The molecule has 4 nitrogen and oxygen atoms in total. The number of carbonyl (C=O) groups excluding carboxylic acids is 2. The van der Waals surface area contributed by atoms with Crippen LogP contribution in [0.5, 0.6) is 0 Å². The van der Waals surface area contributed by atoms with Gasteiger partial charge in [0.15, 0.2) is 0 Å². The van der Waals surface area contributed by atoms with Gasteiger partial charge >= 0.3 is 11.9 Å². The van der Waals surface area contributed by atoms with Gasteiger partial charge in [0.25, 0.3) is 0 Å². The standard InChI is InChI=1S/C21H40O2.C19H38O2/c1-3-5-6-7-8-9-10-11-12-13-14-15-16-17-18-19-21(22)23-20-4-2;1-3-4-5-6-7-8-9-10-11-12-13-14-15-16-17-18-19(20)21-2/h4H,2-3,5-20H2,1H3;3-18H2,1-2H3. The largest absolute Gasteiger partial charge is 0.469 e. The number of carbonyl (C=O) groups is 2. The van der Waals surface area contributed by atoms with Crippen molar-refractivity contribution in [2.24, 2.45) is 0 Å². The predicted octanol–water partition coefficient (Wildman–Crippen LogP) is 13.4. The smallest absolute Gasteiger partial charge is 0.306 e. The summed E-state index contributed by atoms with van der Waals surface area (Å²) < 4.78 is 9.58. The summed E-state index contributed by atoms with van der Waals surface area (Å²) in [6, 6.07) is 0. The van der Waals surface area contributed by atoms with E-state index in [1.807, 2.05) is 0 Å². The predicted molar refractivity (Wildman–Crippen MR) is 192 cm³/mol. The molecule has 0 fully saturated rings. The fraction of sp³-hybridized carbons (Fsp3) is 0.900. The third-order valence-electron chi connectivity index (χ3n) is 8.56. The molecule has 262 valence electrons. The molecule has 0 aliphatic heterocycles. The Morgan fingerprint density at radius 3 is 0.932 bits per heavy atom. The van der Waals surface area contributed by atoms with E-state index in [1.54, 1.807) is 6.08 Å². The second-order valence-electron chi connectivity index (χ2n) is 12.9. The van der Waals surface area contributed by atoms with Crippen LogP contribution in [0.1, 0.15) is 219 Å². The van der Waals surface area contributed by atoms with E-state index in [0.29, 0.717) is 19.4 Å². The van der Waals surface area contributed by atoms with E-state index in [4.69, 9.17) is 4.74 Å². The number of hydrogen-bond donors (Lipinski definition) is 0. The zero-order valence-electron chi connectivity index (χ0n) is 30.3. The van der Waals surface area contributed by atoms with Crippen LogP contribution in [0.2, 0.25) is 0 Å². The molecule has 0 heterocycles. The van der Waals surface area contributed by atoms with E-state index in [-0.39, 0.29) is 11.9 Å². The Labute approximate surface area is 276 Å². The topological polar surface area (TPSA) is 52.6 Å². The van der Waals surface area contributed by atoms with Crippen molar-refractivity contribution in [1.82, 2.24) is 0 Å². The summed E-state index contributed by atoms with van der Waals surface area (Å²) >= 11 is 0. The van der Waals surface area contributed by atoms with Crippen LogP contribution >= 0.6 is 0 Å². The second kappa shape index (κ2) is 41.7. The average Bonchev–Trinajstić information content (AvgIpc) is 3.03. The van der Waals surface area contributed by atoms with Crippen molar-refractivity contribution in [3.05, 3.63) is 12.7 Å². The molecule has 0 saturated heterocycles. The van der Waals surface area contributed by atoms with Crippen LogP contribution < -0.4 is 0 Å². The molecule has 0 aromatic carbocycles. The van der Waals surface area contributed by atoms with Crippen molar-refractivity contribution in [3.63, 3.8) is 0 Å². The molecule has 0 atom stereocenters. The highest BCUT2D eigenvalue weighted by Gasteiger charge is 2.01. The summed E-state index contributed by atoms with van der Waals surface area (Å²) in [5.41, 5.74) is 0. The number of unbranched alkanes of at least 4 members (excludes halogenated alkanes) is 28. The maximum atomic E-state index is 11.3. The zero-order valence-corrected chi connectivity index (χ0v) is 30.3. The van der Waals surface area contributed by atoms with Gasteiger partial charge in [0.2, 0.25) is 0 Å². The van der Waals surface area contributed by atoms with Gasteiger partial charge in [-0.15, -0.1) is 0 Å². The summed E-state index contributed by atoms with van der Waals surface area (Å²) in [6.45, 7) is 8.43. The average molecular weight is 623 g/mol. The maximum absolute atomic E-state index is 11.3. The summed E-state index contributed by atoms with van der Waals surface area (Å²) in [5.74, 6) is -0.149. The molecule has 0 bridgehead atoms. The second-order valence-corrected chi connectivity index (χ2v) is 12.9. The molecule has 0 spiro atoms. The molecular formula is C40H78O4. The molecular weight excluding hydrogens is 544 g/mol. The molecule has 0 aromatic rings. The van der Waals surface area contributed by atoms with Crippen LogP contribution in [-0.4, -0.2) is 25.7 Å². The molecule has 44 heavy (non-hydrogen) atoms. The Balaban J connectivity index is 0. The van der Waals surface area contributed by atoms with Crippen LogP contribution in [-0.2, 0) is 19.1 Å². The lowest BCUT2D eigenvalue weighted by Gasteiger charge is -2.04. The highest BCUT2D eigenvalue weighted by Crippen LogP contribution is 2.15. The molecule has 0 amide bonds. The molecule has 0 saturated carbocycles. The van der Waals surface area contributed by atoms with Crippen molar-refractivity contribution in [3.8, 4) is 0 Å². The minimum atomic E-state index is -0.0837. The van der Waals surface area contributed by atoms with E-state index in [9.17, 15) is 9.59 Å². The van der Waals surface area contributed by atoms with E-state index in [2.05, 4.69) is 25.2 Å². The van der Waals surface area contributed by atoms with Crippen LogP contribution in [0.3, 0.4) is 0 Å². The molecule has 0 unspecified atom stereocenters. The first-order valence-corrected chi connectivity index (χ1v) is 19.5. The van der Waals surface area contributed by atoms with E-state index >= 15 is 0 Å². The van der Waals surface area contributed by atoms with Crippen LogP contribution in [0.15, 0.2) is 12.7 Å². The van der Waals surface area contributed by atoms with Crippen molar-refractivity contribution in [2.45, 2.75) is 219 Å². The highest BCUT2D eigenvalue weighted by atomic mass is 16.5. The minimum absolute atomic E-state index is 0.0651. The highest BCUT2D eigenvalue weighted by molar-refractivity contribution is 5.69. The van der Waals surface area contributed by atoms with Gasteiger partial charge in [-0.2, -0.15) is 0 Å². The summed E-state index contributed by atoms with van der Waals surface area (Å²) in [5, 5.41) is 0. The molecule has 0 aliphatic carbocycles. The lowest BCUT2D eigenvalue weighted by Crippen LogP contribution is -2.03. The van der Waals surface area contributed by atoms with Gasteiger partial charge in [-0.25, -0.2) is 0 Å². The Bertz CT molecular complexity index is 574. The first-order valence-electron chi connectivity index (χ1n) is 19.5. The quantitative estimate of drug-likeness (QED) is 0.0407. The van der Waals surface area contributed by atoms with Crippen LogP contribution in [0.4, 0.5) is 0 Å². The zero-order chi connectivity index (χ0) is 32.6. The summed E-state index contributed by atoms with van der Waals surface area (Å²) in [6.07, 6.45) is 43.3. The van der Waals surface area contributed by atoms with Crippen LogP contribution in [0.25, 0.3) is 0 Å². The van der Waals surface area contributed by atoms with Crippen molar-refractivity contribution >= 4 is 11.9 Å². The van der Waals surface area contributed by atoms with Gasteiger partial charge < -0.3 is 9.47 Å². The van der Waals surface area contributed by atoms with Gasteiger partial charge in [-0.3, -0.25) is 9.59 Å². The Hall–Kier alpha value is -1.32. The summed E-state index contributed by atoms with van der Waals surface area (Å²) in [7, 11) is 1.47. The SMILES string of the molecule is C=CCOC(=O)CCCCCCCCCCCCCCCCC.CCCCCCCCCCCCCCCCCC(=O)OC. The van der Waals surface area contributed by atoms with Gasteiger partial charge in [-0.05, 0) is 12.8 Å². The number of esters is 2. The third kappa shape index (κ3) is 42.8. The normalized spacial score (nSPS) is 10.7. The Kier molecular flexibility index (Phi) is 42.4. The molecule has 0 rings (SSSR count). The van der Waals surface area contributed by atoms with Gasteiger partial charge in [0.05, 0.1) is 7.11 Å². The Morgan fingerprint density at radius 1 is 0.432 bits per heavy atom. The van der Waals surface area contributed by atoms with Gasteiger partial charge in [0.1, 0.15) is 6.61 Å². The molecule has 0 aromatic heterocycles. The fourth-order valence-corrected chi connectivity index (χ4v) is 5.61. The van der Waals surface area contributed by atoms with Crippen molar-refractivity contribution < 1.29 is 19.1 Å². The van der Waals surface area contributed by atoms with E-state index in [0.717, 1.165) is 19.3 Å². The number of rotatable bonds is 34. The van der Waals surface area contributed by atoms with Crippen molar-refractivity contribution in [1.29, 1.82) is 0 Å². The molecule has 0 N–H and O–H groups in total. The molecule has 0 aliphatic rings. The third-order valence-corrected chi connectivity index (χ3v) is 8.56. The van der Waals surface area contributed by atoms with Crippen LogP contribution in [0, 0.1) is 0 Å². The lowest BCUT2D eigenvalue weighted by atomic mass is 10.0. The first-order chi connectivity index (χ1) is 21.6. The van der Waals surface area contributed by atoms with E-state index in [1.165, 1.54) is 180 Å². The van der Waals surface area contributed by atoms with Gasteiger partial charge in [-0.1, -0.05) is 206 Å².